The van der Waals surface area contributed by atoms with Crippen molar-refractivity contribution in [2.45, 2.75) is 16.7 Å². The van der Waals surface area contributed by atoms with Crippen LogP contribution in [-0.2, 0) is 6.61 Å². The summed E-state index contributed by atoms with van der Waals surface area (Å²) in [5.41, 5.74) is 0.637. The normalized spacial score (nSPS) is 10.3. The number of benzene rings is 1. The van der Waals surface area contributed by atoms with Crippen LogP contribution in [-0.4, -0.2) is 15.1 Å². The number of H-pyrrole nitrogens is 1. The van der Waals surface area contributed by atoms with Crippen LogP contribution in [0.1, 0.15) is 5.56 Å². The Hall–Kier alpha value is -1.59. The first kappa shape index (κ1) is 10.9. The van der Waals surface area contributed by atoms with Gasteiger partial charge in [0.1, 0.15) is 0 Å². The molecule has 0 fully saturated rings. The van der Waals surface area contributed by atoms with Gasteiger partial charge in [-0.3, -0.25) is 4.79 Å². The van der Waals surface area contributed by atoms with E-state index in [4.69, 9.17) is 5.11 Å². The molecule has 0 amide bonds. The van der Waals surface area contributed by atoms with E-state index in [9.17, 15) is 4.79 Å². The molecule has 2 aromatic rings. The molecule has 0 saturated carbocycles. The Balaban J connectivity index is 2.30. The molecule has 0 saturated heterocycles. The van der Waals surface area contributed by atoms with Gasteiger partial charge >= 0.3 is 0 Å². The zero-order valence-corrected chi connectivity index (χ0v) is 9.20. The molecule has 0 spiro atoms. The fraction of sp³-hybridized carbons (Fsp3) is 0.0909. The van der Waals surface area contributed by atoms with Crippen LogP contribution in [0.25, 0.3) is 0 Å². The highest BCUT2D eigenvalue weighted by atomic mass is 32.2. The zero-order valence-electron chi connectivity index (χ0n) is 8.38. The minimum Gasteiger partial charge on any atom is -0.392 e. The highest BCUT2D eigenvalue weighted by molar-refractivity contribution is 7.99. The smallest absolute Gasteiger partial charge is 0.251 e. The third kappa shape index (κ3) is 2.50. The molecular formula is C11H10N2O2S. The summed E-state index contributed by atoms with van der Waals surface area (Å²) in [5.74, 6) is 0. The van der Waals surface area contributed by atoms with E-state index >= 15 is 0 Å². The van der Waals surface area contributed by atoms with Gasteiger partial charge in [-0.25, -0.2) is 4.98 Å². The Bertz CT molecular complexity index is 539. The fourth-order valence-electron chi connectivity index (χ4n) is 1.24. The molecule has 1 heterocycles. The zero-order chi connectivity index (χ0) is 11.4. The number of nitrogens with one attached hydrogen (secondary N) is 1. The molecule has 0 aliphatic rings. The fourth-order valence-corrected chi connectivity index (χ4v) is 2.13. The average molecular weight is 234 g/mol. The molecule has 5 heteroatoms. The van der Waals surface area contributed by atoms with Crippen molar-refractivity contribution in [2.75, 3.05) is 0 Å². The van der Waals surface area contributed by atoms with Crippen molar-refractivity contribution >= 4 is 11.8 Å². The summed E-state index contributed by atoms with van der Waals surface area (Å²) in [5, 5.41) is 9.67. The number of rotatable bonds is 3. The molecule has 0 radical (unpaired) electrons. The number of aliphatic hydroxyl groups is 1. The van der Waals surface area contributed by atoms with Crippen molar-refractivity contribution in [3.05, 3.63) is 52.4 Å². The summed E-state index contributed by atoms with van der Waals surface area (Å²) in [7, 11) is 0. The maximum absolute atomic E-state index is 11.1. The van der Waals surface area contributed by atoms with E-state index in [2.05, 4.69) is 9.97 Å². The number of hydrogen-bond donors (Lipinski definition) is 2. The second-order valence-corrected chi connectivity index (χ2v) is 4.14. The van der Waals surface area contributed by atoms with Crippen molar-refractivity contribution in [1.29, 1.82) is 0 Å². The SMILES string of the molecule is O=c1ccnc(Sc2ccccc2CO)[nH]1. The van der Waals surface area contributed by atoms with E-state index in [0.29, 0.717) is 5.16 Å². The summed E-state index contributed by atoms with van der Waals surface area (Å²) in [4.78, 5) is 18.6. The van der Waals surface area contributed by atoms with Gasteiger partial charge in [-0.05, 0) is 11.6 Å². The lowest BCUT2D eigenvalue weighted by Gasteiger charge is -2.04. The monoisotopic (exact) mass is 234 g/mol. The lowest BCUT2D eigenvalue weighted by Crippen LogP contribution is -2.05. The van der Waals surface area contributed by atoms with Crippen LogP contribution in [0, 0.1) is 0 Å². The lowest BCUT2D eigenvalue weighted by molar-refractivity contribution is 0.279. The minimum atomic E-state index is -0.182. The van der Waals surface area contributed by atoms with Gasteiger partial charge < -0.3 is 10.1 Å². The number of aromatic nitrogens is 2. The Morgan fingerprint density at radius 2 is 2.12 bits per heavy atom. The summed E-state index contributed by atoms with van der Waals surface area (Å²) >= 11 is 1.33. The van der Waals surface area contributed by atoms with Crippen LogP contribution in [0.2, 0.25) is 0 Å². The first-order valence-electron chi connectivity index (χ1n) is 4.71. The van der Waals surface area contributed by atoms with Gasteiger partial charge in [-0.1, -0.05) is 30.0 Å². The van der Waals surface area contributed by atoms with Crippen molar-refractivity contribution < 1.29 is 5.11 Å². The first-order valence-corrected chi connectivity index (χ1v) is 5.53. The van der Waals surface area contributed by atoms with Crippen molar-refractivity contribution in [1.82, 2.24) is 9.97 Å². The maximum atomic E-state index is 11.1. The van der Waals surface area contributed by atoms with Crippen LogP contribution in [0.15, 0.2) is 51.4 Å². The summed E-state index contributed by atoms with van der Waals surface area (Å²) in [6.45, 7) is -0.0275. The van der Waals surface area contributed by atoms with Gasteiger partial charge in [0.15, 0.2) is 5.16 Å². The highest BCUT2D eigenvalue weighted by Crippen LogP contribution is 2.26. The largest absolute Gasteiger partial charge is 0.392 e. The molecule has 4 nitrogen and oxygen atoms in total. The molecule has 16 heavy (non-hydrogen) atoms. The number of nitrogens with zero attached hydrogens (tertiary/aromatic N) is 1. The quantitative estimate of drug-likeness (QED) is 0.788. The van der Waals surface area contributed by atoms with Crippen LogP contribution in [0.3, 0.4) is 0 Å². The Labute approximate surface area is 96.4 Å². The molecule has 0 unspecified atom stereocenters. The molecule has 1 aromatic heterocycles. The second-order valence-electron chi connectivity index (χ2n) is 3.11. The van der Waals surface area contributed by atoms with Crippen LogP contribution in [0.4, 0.5) is 0 Å². The third-order valence-corrected chi connectivity index (χ3v) is 3.02. The second kappa shape index (κ2) is 4.96. The molecule has 0 aliphatic heterocycles. The topological polar surface area (TPSA) is 66.0 Å². The Morgan fingerprint density at radius 1 is 1.31 bits per heavy atom. The summed E-state index contributed by atoms with van der Waals surface area (Å²) < 4.78 is 0. The predicted molar refractivity (Wildman–Crippen MR) is 61.3 cm³/mol. The molecule has 2 rings (SSSR count). The van der Waals surface area contributed by atoms with Gasteiger partial charge in [-0.15, -0.1) is 0 Å². The van der Waals surface area contributed by atoms with Gasteiger partial charge in [0.2, 0.25) is 0 Å². The summed E-state index contributed by atoms with van der Waals surface area (Å²) in [6.07, 6.45) is 1.46. The van der Waals surface area contributed by atoms with Gasteiger partial charge in [0.25, 0.3) is 5.56 Å². The van der Waals surface area contributed by atoms with Gasteiger partial charge in [0, 0.05) is 17.2 Å². The number of hydrogen-bond acceptors (Lipinski definition) is 4. The van der Waals surface area contributed by atoms with E-state index in [-0.39, 0.29) is 12.2 Å². The summed E-state index contributed by atoms with van der Waals surface area (Å²) in [6, 6.07) is 8.81. The van der Waals surface area contributed by atoms with Crippen molar-refractivity contribution in [3.8, 4) is 0 Å². The van der Waals surface area contributed by atoms with E-state index < -0.39 is 0 Å². The molecule has 82 valence electrons. The van der Waals surface area contributed by atoms with E-state index in [1.165, 1.54) is 24.0 Å². The predicted octanol–water partition coefficient (Wildman–Crippen LogP) is 1.41. The van der Waals surface area contributed by atoms with Crippen LogP contribution in [0.5, 0.6) is 0 Å². The molecule has 1 aromatic carbocycles. The molecule has 0 aliphatic carbocycles. The van der Waals surface area contributed by atoms with E-state index in [1.54, 1.807) is 0 Å². The minimum absolute atomic E-state index is 0.0275. The molecule has 0 bridgehead atoms. The third-order valence-electron chi connectivity index (χ3n) is 2.00. The van der Waals surface area contributed by atoms with Crippen molar-refractivity contribution in [2.24, 2.45) is 0 Å². The number of aliphatic hydroxyl groups excluding tert-OH is 1. The lowest BCUT2D eigenvalue weighted by atomic mass is 10.2. The van der Waals surface area contributed by atoms with E-state index in [1.807, 2.05) is 24.3 Å². The molecular weight excluding hydrogens is 224 g/mol. The highest BCUT2D eigenvalue weighted by Gasteiger charge is 2.04. The van der Waals surface area contributed by atoms with Crippen LogP contribution < -0.4 is 5.56 Å². The van der Waals surface area contributed by atoms with Gasteiger partial charge in [0.05, 0.1) is 6.61 Å². The maximum Gasteiger partial charge on any atom is 0.251 e. The Morgan fingerprint density at radius 3 is 2.88 bits per heavy atom. The molecule has 0 atom stereocenters. The van der Waals surface area contributed by atoms with Crippen molar-refractivity contribution in [3.63, 3.8) is 0 Å². The average Bonchev–Trinajstić information content (AvgIpc) is 2.30. The molecule has 2 N–H and O–H groups in total. The van der Waals surface area contributed by atoms with Crippen LogP contribution >= 0.6 is 11.8 Å². The number of aromatic amines is 1. The standard InChI is InChI=1S/C11H10N2O2S/c14-7-8-3-1-2-4-9(8)16-11-12-6-5-10(15)13-11/h1-6,14H,7H2,(H,12,13,15). The van der Waals surface area contributed by atoms with E-state index in [0.717, 1.165) is 10.5 Å². The van der Waals surface area contributed by atoms with Gasteiger partial charge in [-0.2, -0.15) is 0 Å². The first-order chi connectivity index (χ1) is 7.79. The Kier molecular flexibility index (Phi) is 3.38.